The number of rotatable bonds is 1. The van der Waals surface area contributed by atoms with Gasteiger partial charge in [0.05, 0.1) is 10.8 Å². The lowest BCUT2D eigenvalue weighted by atomic mass is 10.0. The highest BCUT2D eigenvalue weighted by Crippen LogP contribution is 2.35. The molecule has 2 aromatic carbocycles. The summed E-state index contributed by atoms with van der Waals surface area (Å²) in [7, 11) is 0. The molecule has 0 saturated heterocycles. The van der Waals surface area contributed by atoms with Crippen LogP contribution in [0, 0.1) is 11.3 Å². The molecule has 0 aliphatic carbocycles. The van der Waals surface area contributed by atoms with Gasteiger partial charge in [-0.15, -0.1) is 0 Å². The Bertz CT molecular complexity index is 1230. The molecule has 4 rings (SSSR count). The molecule has 0 radical (unpaired) electrons. The first-order valence-electron chi connectivity index (χ1n) is 7.47. The predicted molar refractivity (Wildman–Crippen MR) is 95.1 cm³/mol. The zero-order chi connectivity index (χ0) is 17.7. The second-order valence-corrected chi connectivity index (χ2v) is 6.05. The molecule has 1 aliphatic rings. The standard InChI is InChI=1S/C18H11ClN4O2/c19-14-8-4-3-7-12(14)15-13(9-20)16(21)23-18(25)11-6-2-1-5-10(11)17(24)22(15)23/h1-8,15H,21H2. The lowest BCUT2D eigenvalue weighted by Gasteiger charge is -2.17. The Kier molecular flexibility index (Phi) is 3.27. The summed E-state index contributed by atoms with van der Waals surface area (Å²) in [6.45, 7) is 0. The normalized spacial score (nSPS) is 16.1. The number of hydrogen-bond donors (Lipinski definition) is 1. The Morgan fingerprint density at radius 1 is 1.00 bits per heavy atom. The summed E-state index contributed by atoms with van der Waals surface area (Å²) in [6, 6.07) is 14.5. The highest BCUT2D eigenvalue weighted by Gasteiger charge is 2.35. The van der Waals surface area contributed by atoms with Gasteiger partial charge in [0.1, 0.15) is 23.5 Å². The molecule has 1 aliphatic heterocycles. The van der Waals surface area contributed by atoms with E-state index in [9.17, 15) is 14.9 Å². The van der Waals surface area contributed by atoms with Crippen molar-refractivity contribution in [1.82, 2.24) is 9.36 Å². The van der Waals surface area contributed by atoms with E-state index in [1.807, 2.05) is 6.07 Å². The minimum Gasteiger partial charge on any atom is -0.383 e. The molecule has 6 nitrogen and oxygen atoms in total. The summed E-state index contributed by atoms with van der Waals surface area (Å²) in [4.78, 5) is 25.9. The third-order valence-corrected chi connectivity index (χ3v) is 4.69. The number of nitrogens with zero attached hydrogens (tertiary/aromatic N) is 3. The molecule has 0 bridgehead atoms. The Hall–Kier alpha value is -3.30. The monoisotopic (exact) mass is 350 g/mol. The van der Waals surface area contributed by atoms with Gasteiger partial charge in [0, 0.05) is 10.6 Å². The Morgan fingerprint density at radius 2 is 1.60 bits per heavy atom. The van der Waals surface area contributed by atoms with Crippen LogP contribution in [0.3, 0.4) is 0 Å². The molecule has 1 aromatic heterocycles. The molecule has 122 valence electrons. The summed E-state index contributed by atoms with van der Waals surface area (Å²) < 4.78 is 2.27. The summed E-state index contributed by atoms with van der Waals surface area (Å²) >= 11 is 6.28. The van der Waals surface area contributed by atoms with Gasteiger partial charge in [-0.05, 0) is 18.2 Å². The van der Waals surface area contributed by atoms with E-state index < -0.39 is 17.2 Å². The van der Waals surface area contributed by atoms with Gasteiger partial charge in [-0.25, -0.2) is 4.68 Å². The van der Waals surface area contributed by atoms with Gasteiger partial charge in [0.15, 0.2) is 0 Å². The van der Waals surface area contributed by atoms with Crippen LogP contribution in [0.4, 0.5) is 0 Å². The van der Waals surface area contributed by atoms with E-state index in [0.29, 0.717) is 10.6 Å². The fraction of sp³-hybridized carbons (Fsp3) is 0.0556. The van der Waals surface area contributed by atoms with Crippen molar-refractivity contribution < 1.29 is 0 Å². The van der Waals surface area contributed by atoms with Crippen LogP contribution in [-0.2, 0) is 0 Å². The van der Waals surface area contributed by atoms with Crippen molar-refractivity contribution in [1.29, 1.82) is 5.26 Å². The molecule has 2 heterocycles. The average Bonchev–Trinajstić information content (AvgIpc) is 2.92. The van der Waals surface area contributed by atoms with Crippen LogP contribution in [-0.4, -0.2) is 9.36 Å². The number of hydrogen-bond acceptors (Lipinski definition) is 4. The number of allylic oxidation sites excluding steroid dienone is 1. The molecule has 0 saturated carbocycles. The lowest BCUT2D eigenvalue weighted by molar-refractivity contribution is 0.539. The van der Waals surface area contributed by atoms with E-state index in [1.165, 1.54) is 4.68 Å². The van der Waals surface area contributed by atoms with Crippen LogP contribution < -0.4 is 16.9 Å². The van der Waals surface area contributed by atoms with E-state index in [1.54, 1.807) is 48.5 Å². The van der Waals surface area contributed by atoms with E-state index in [2.05, 4.69) is 0 Å². The van der Waals surface area contributed by atoms with Gasteiger partial charge in [-0.3, -0.25) is 9.59 Å². The fourth-order valence-corrected chi connectivity index (χ4v) is 3.46. The third-order valence-electron chi connectivity index (χ3n) is 4.35. The molecule has 25 heavy (non-hydrogen) atoms. The van der Waals surface area contributed by atoms with Crippen molar-refractivity contribution in [3.8, 4) is 6.07 Å². The van der Waals surface area contributed by atoms with Crippen LogP contribution in [0.5, 0.6) is 0 Å². The summed E-state index contributed by atoms with van der Waals surface area (Å²) in [6.07, 6.45) is 0. The van der Waals surface area contributed by atoms with Crippen molar-refractivity contribution in [3.05, 3.63) is 85.4 Å². The fourth-order valence-electron chi connectivity index (χ4n) is 3.22. The third kappa shape index (κ3) is 1.96. The minimum absolute atomic E-state index is 0.0553. The topological polar surface area (TPSA) is 93.8 Å². The van der Waals surface area contributed by atoms with Gasteiger partial charge in [-0.2, -0.15) is 9.94 Å². The Morgan fingerprint density at radius 3 is 2.24 bits per heavy atom. The molecule has 0 amide bonds. The van der Waals surface area contributed by atoms with Crippen LogP contribution in [0.1, 0.15) is 11.6 Å². The van der Waals surface area contributed by atoms with Gasteiger partial charge in [0.25, 0.3) is 11.1 Å². The Balaban J connectivity index is 2.20. The zero-order valence-electron chi connectivity index (χ0n) is 12.8. The molecule has 3 aromatic rings. The first-order valence-corrected chi connectivity index (χ1v) is 7.85. The Labute approximate surface area is 146 Å². The maximum Gasteiger partial charge on any atom is 0.279 e. The SMILES string of the molecule is N#CC1=C(N)n2c(=O)c3ccccc3c(=O)n2C1c1ccccc1Cl. The summed E-state index contributed by atoms with van der Waals surface area (Å²) in [5.41, 5.74) is 5.85. The van der Waals surface area contributed by atoms with E-state index in [0.717, 1.165) is 4.68 Å². The van der Waals surface area contributed by atoms with Crippen molar-refractivity contribution >= 4 is 28.2 Å². The van der Waals surface area contributed by atoms with Crippen molar-refractivity contribution in [2.24, 2.45) is 5.73 Å². The molecule has 7 heteroatoms. The second kappa shape index (κ2) is 5.36. The number of nitrogens with two attached hydrogens (primary N) is 1. The maximum atomic E-state index is 13.0. The van der Waals surface area contributed by atoms with Crippen molar-refractivity contribution in [2.75, 3.05) is 0 Å². The smallest absolute Gasteiger partial charge is 0.279 e. The summed E-state index contributed by atoms with van der Waals surface area (Å²) in [5, 5.41) is 10.5. The van der Waals surface area contributed by atoms with Gasteiger partial charge in [-0.1, -0.05) is 41.9 Å². The van der Waals surface area contributed by atoms with Crippen molar-refractivity contribution in [3.63, 3.8) is 0 Å². The van der Waals surface area contributed by atoms with Crippen LogP contribution in [0.25, 0.3) is 16.6 Å². The molecule has 2 N–H and O–H groups in total. The second-order valence-electron chi connectivity index (χ2n) is 5.65. The van der Waals surface area contributed by atoms with Crippen LogP contribution in [0.15, 0.2) is 63.7 Å². The van der Waals surface area contributed by atoms with E-state index >= 15 is 0 Å². The molecule has 1 unspecified atom stereocenters. The molecule has 0 fully saturated rings. The highest BCUT2D eigenvalue weighted by molar-refractivity contribution is 6.31. The number of nitriles is 1. The number of benzene rings is 2. The average molecular weight is 351 g/mol. The van der Waals surface area contributed by atoms with Gasteiger partial charge >= 0.3 is 0 Å². The highest BCUT2D eigenvalue weighted by atomic mass is 35.5. The minimum atomic E-state index is -0.844. The first-order chi connectivity index (χ1) is 12.1. The molecule has 0 spiro atoms. The largest absolute Gasteiger partial charge is 0.383 e. The number of aromatic nitrogens is 2. The number of fused-ring (bicyclic) bond motifs is 2. The molecular formula is C18H11ClN4O2. The quantitative estimate of drug-likeness (QED) is 0.727. The molecule has 1 atom stereocenters. The lowest BCUT2D eigenvalue weighted by Crippen LogP contribution is -2.38. The van der Waals surface area contributed by atoms with Crippen LogP contribution >= 0.6 is 11.6 Å². The van der Waals surface area contributed by atoms with Gasteiger partial charge < -0.3 is 5.73 Å². The van der Waals surface area contributed by atoms with E-state index in [4.69, 9.17) is 17.3 Å². The first kappa shape index (κ1) is 15.2. The predicted octanol–water partition coefficient (Wildman–Crippen LogP) is 2.07. The van der Waals surface area contributed by atoms with E-state index in [-0.39, 0.29) is 22.2 Å². The van der Waals surface area contributed by atoms with Gasteiger partial charge in [0.2, 0.25) is 0 Å². The number of halogens is 1. The maximum absolute atomic E-state index is 13.0. The summed E-state index contributed by atoms with van der Waals surface area (Å²) in [5.74, 6) is -0.0553. The van der Waals surface area contributed by atoms with Crippen molar-refractivity contribution in [2.45, 2.75) is 6.04 Å². The van der Waals surface area contributed by atoms with Crippen LogP contribution in [0.2, 0.25) is 5.02 Å². The molecular weight excluding hydrogens is 340 g/mol. The zero-order valence-corrected chi connectivity index (χ0v) is 13.6.